The molecule has 10 aromatic rings. The zero-order valence-corrected chi connectivity index (χ0v) is 30.4. The van der Waals surface area contributed by atoms with Gasteiger partial charge < -0.3 is 14.3 Å². The van der Waals surface area contributed by atoms with Crippen LogP contribution in [0.4, 0.5) is 0 Å². The maximum atomic E-state index is 6.82. The Morgan fingerprint density at radius 3 is 1.88 bits per heavy atom. The van der Waals surface area contributed by atoms with Gasteiger partial charge in [-0.2, -0.15) is 0 Å². The second kappa shape index (κ2) is 13.2. The SMILES string of the molecule is c1ccc(C2=NC(c3ccccc3)NC(c3ccccc3)=C2c2cccc3oc4cc(-n5c6ccccc6c6ccc(-c7ccccc7)cc65)ccc4c23)cc1. The van der Waals surface area contributed by atoms with Gasteiger partial charge in [0.25, 0.3) is 0 Å². The Morgan fingerprint density at radius 1 is 0.464 bits per heavy atom. The first-order valence-corrected chi connectivity index (χ1v) is 19.1. The molecule has 3 heterocycles. The molecule has 8 aromatic carbocycles. The summed E-state index contributed by atoms with van der Waals surface area (Å²) in [6, 6.07) is 70.7. The van der Waals surface area contributed by atoms with E-state index in [1.807, 2.05) is 6.07 Å². The van der Waals surface area contributed by atoms with Crippen LogP contribution in [0.5, 0.6) is 0 Å². The third-order valence-corrected chi connectivity index (χ3v) is 11.0. The lowest BCUT2D eigenvalue weighted by atomic mass is 9.87. The lowest BCUT2D eigenvalue weighted by Gasteiger charge is -2.30. The van der Waals surface area contributed by atoms with Crippen LogP contribution in [0.3, 0.4) is 0 Å². The number of aromatic nitrogens is 1. The summed E-state index contributed by atoms with van der Waals surface area (Å²) in [6.07, 6.45) is -0.262. The van der Waals surface area contributed by atoms with Gasteiger partial charge in [0, 0.05) is 44.4 Å². The maximum Gasteiger partial charge on any atom is 0.145 e. The van der Waals surface area contributed by atoms with E-state index in [4.69, 9.17) is 9.41 Å². The molecule has 4 nitrogen and oxygen atoms in total. The number of hydrogen-bond donors (Lipinski definition) is 1. The highest BCUT2D eigenvalue weighted by Gasteiger charge is 2.29. The molecule has 0 amide bonds. The van der Waals surface area contributed by atoms with E-state index in [2.05, 4.69) is 204 Å². The molecule has 0 spiro atoms. The van der Waals surface area contributed by atoms with Crippen molar-refractivity contribution in [3.63, 3.8) is 0 Å². The van der Waals surface area contributed by atoms with Crippen LogP contribution in [-0.4, -0.2) is 10.3 Å². The van der Waals surface area contributed by atoms with Crippen molar-refractivity contribution in [2.24, 2.45) is 4.99 Å². The van der Waals surface area contributed by atoms with E-state index in [0.717, 1.165) is 77.9 Å². The zero-order chi connectivity index (χ0) is 37.0. The van der Waals surface area contributed by atoms with Crippen LogP contribution in [0.25, 0.3) is 71.8 Å². The zero-order valence-electron chi connectivity index (χ0n) is 30.4. The van der Waals surface area contributed by atoms with Gasteiger partial charge in [-0.25, -0.2) is 0 Å². The minimum Gasteiger partial charge on any atom is -0.456 e. The van der Waals surface area contributed by atoms with Crippen LogP contribution in [-0.2, 0) is 0 Å². The lowest BCUT2D eigenvalue weighted by molar-refractivity contribution is 0.665. The van der Waals surface area contributed by atoms with Crippen molar-refractivity contribution in [3.8, 4) is 16.8 Å². The van der Waals surface area contributed by atoms with Crippen molar-refractivity contribution in [3.05, 3.63) is 222 Å². The number of para-hydroxylation sites is 1. The lowest BCUT2D eigenvalue weighted by Crippen LogP contribution is -2.28. The number of rotatable bonds is 6. The first-order chi connectivity index (χ1) is 27.8. The average molecular weight is 718 g/mol. The minimum atomic E-state index is -0.262. The van der Waals surface area contributed by atoms with E-state index in [1.165, 1.54) is 21.9 Å². The summed E-state index contributed by atoms with van der Waals surface area (Å²) in [5, 5.41) is 8.44. The van der Waals surface area contributed by atoms with Crippen LogP contribution in [0.1, 0.15) is 28.4 Å². The van der Waals surface area contributed by atoms with E-state index in [-0.39, 0.29) is 6.17 Å². The summed E-state index contributed by atoms with van der Waals surface area (Å²) in [5.41, 5.74) is 14.8. The molecule has 1 N–H and O–H groups in total. The predicted octanol–water partition coefficient (Wildman–Crippen LogP) is 13.0. The topological polar surface area (TPSA) is 42.5 Å². The van der Waals surface area contributed by atoms with Gasteiger partial charge in [-0.05, 0) is 58.1 Å². The summed E-state index contributed by atoms with van der Waals surface area (Å²) < 4.78 is 9.19. The molecule has 0 saturated heterocycles. The number of nitrogens with one attached hydrogen (secondary N) is 1. The van der Waals surface area contributed by atoms with Gasteiger partial charge in [-0.15, -0.1) is 0 Å². The largest absolute Gasteiger partial charge is 0.456 e. The first kappa shape index (κ1) is 32.0. The highest BCUT2D eigenvalue weighted by Crippen LogP contribution is 2.43. The fourth-order valence-corrected chi connectivity index (χ4v) is 8.48. The summed E-state index contributed by atoms with van der Waals surface area (Å²) in [4.78, 5) is 5.48. The Balaban J connectivity index is 1.14. The molecule has 4 heteroatoms. The number of benzene rings is 8. The molecule has 0 radical (unpaired) electrons. The van der Waals surface area contributed by atoms with Crippen molar-refractivity contribution < 1.29 is 4.42 Å². The van der Waals surface area contributed by atoms with E-state index in [1.54, 1.807) is 0 Å². The molecule has 1 atom stereocenters. The smallest absolute Gasteiger partial charge is 0.145 e. The van der Waals surface area contributed by atoms with Gasteiger partial charge in [0.15, 0.2) is 0 Å². The van der Waals surface area contributed by atoms with Crippen molar-refractivity contribution in [2.75, 3.05) is 0 Å². The third-order valence-electron chi connectivity index (χ3n) is 11.0. The van der Waals surface area contributed by atoms with E-state index in [9.17, 15) is 0 Å². The molecule has 264 valence electrons. The molecule has 56 heavy (non-hydrogen) atoms. The second-order valence-corrected chi connectivity index (χ2v) is 14.3. The highest BCUT2D eigenvalue weighted by molar-refractivity contribution is 6.39. The quantitative estimate of drug-likeness (QED) is 0.186. The normalized spacial score (nSPS) is 14.4. The molecule has 0 aliphatic carbocycles. The summed E-state index contributed by atoms with van der Waals surface area (Å²) >= 11 is 0. The Hall–Kier alpha value is -7.43. The van der Waals surface area contributed by atoms with Crippen LogP contribution >= 0.6 is 0 Å². The third kappa shape index (κ3) is 5.26. The molecule has 1 unspecified atom stereocenters. The first-order valence-electron chi connectivity index (χ1n) is 19.1. The Labute approximate surface area is 324 Å². The number of fused-ring (bicyclic) bond motifs is 6. The molecule has 0 fully saturated rings. The van der Waals surface area contributed by atoms with E-state index >= 15 is 0 Å². The summed E-state index contributed by atoms with van der Waals surface area (Å²) in [6.45, 7) is 0. The molecule has 0 bridgehead atoms. The molecule has 1 aliphatic heterocycles. The van der Waals surface area contributed by atoms with Gasteiger partial charge in [0.2, 0.25) is 0 Å². The maximum absolute atomic E-state index is 6.82. The van der Waals surface area contributed by atoms with Gasteiger partial charge >= 0.3 is 0 Å². The van der Waals surface area contributed by atoms with E-state index in [0.29, 0.717) is 0 Å². The van der Waals surface area contributed by atoms with Gasteiger partial charge in [0.05, 0.1) is 22.4 Å². The molecule has 11 rings (SSSR count). The van der Waals surface area contributed by atoms with Crippen molar-refractivity contribution in [1.29, 1.82) is 0 Å². The standard InChI is InChI=1S/C52H35N3O/c1-5-16-34(17-6-1)38-28-30-41-40-24-13-14-26-44(40)55(45(41)32-38)39-29-31-42-47(33-39)56-46-27-15-25-43(48(42)46)49-50(35-18-7-2-8-19-35)53-52(37-22-11-4-12-23-37)54-51(49)36-20-9-3-10-21-36/h1-33,52-53H. The average Bonchev–Trinajstić information content (AvgIpc) is 3.82. The van der Waals surface area contributed by atoms with Gasteiger partial charge in [-0.1, -0.05) is 164 Å². The Morgan fingerprint density at radius 2 is 1.11 bits per heavy atom. The number of furan rings is 1. The van der Waals surface area contributed by atoms with Crippen LogP contribution in [0, 0.1) is 0 Å². The van der Waals surface area contributed by atoms with Gasteiger partial charge in [-0.3, -0.25) is 4.99 Å². The van der Waals surface area contributed by atoms with Crippen LogP contribution in [0.2, 0.25) is 0 Å². The minimum absolute atomic E-state index is 0.262. The fraction of sp³-hybridized carbons (Fsp3) is 0.0192. The second-order valence-electron chi connectivity index (χ2n) is 14.3. The van der Waals surface area contributed by atoms with Crippen LogP contribution in [0.15, 0.2) is 210 Å². The van der Waals surface area contributed by atoms with Gasteiger partial charge in [0.1, 0.15) is 17.3 Å². The van der Waals surface area contributed by atoms with Crippen molar-refractivity contribution in [2.45, 2.75) is 6.17 Å². The number of nitrogens with zero attached hydrogens (tertiary/aromatic N) is 2. The predicted molar refractivity (Wildman–Crippen MR) is 232 cm³/mol. The van der Waals surface area contributed by atoms with E-state index < -0.39 is 0 Å². The molecule has 2 aromatic heterocycles. The van der Waals surface area contributed by atoms with Crippen LogP contribution < -0.4 is 5.32 Å². The monoisotopic (exact) mass is 717 g/mol. The summed E-state index contributed by atoms with van der Waals surface area (Å²) in [7, 11) is 0. The molecular formula is C52H35N3O. The Bertz CT molecular complexity index is 3140. The number of allylic oxidation sites excluding steroid dienone is 1. The molecule has 1 aliphatic rings. The Kier molecular flexibility index (Phi) is 7.52. The van der Waals surface area contributed by atoms with Crippen molar-refractivity contribution >= 4 is 60.7 Å². The highest BCUT2D eigenvalue weighted by atomic mass is 16.3. The number of aliphatic imine (C=N–C) groups is 1. The molecular weight excluding hydrogens is 683 g/mol. The molecule has 0 saturated carbocycles. The summed E-state index contributed by atoms with van der Waals surface area (Å²) in [5.74, 6) is 0. The van der Waals surface area contributed by atoms with Crippen molar-refractivity contribution in [1.82, 2.24) is 9.88 Å². The number of hydrogen-bond acceptors (Lipinski definition) is 3. The fourth-order valence-electron chi connectivity index (χ4n) is 8.48.